The summed E-state index contributed by atoms with van der Waals surface area (Å²) in [6.07, 6.45) is 0. The van der Waals surface area contributed by atoms with E-state index in [1.165, 1.54) is 6.07 Å². The van der Waals surface area contributed by atoms with Crippen molar-refractivity contribution >= 4 is 62.7 Å². The van der Waals surface area contributed by atoms with Crippen LogP contribution in [0.5, 0.6) is 0 Å². The molecule has 1 aliphatic heterocycles. The van der Waals surface area contributed by atoms with Crippen LogP contribution in [0.2, 0.25) is 10.0 Å². The topological polar surface area (TPSA) is 78.5 Å². The lowest BCUT2D eigenvalue weighted by molar-refractivity contribution is -0.133. The van der Waals surface area contributed by atoms with E-state index < -0.39 is 29.9 Å². The second-order valence-corrected chi connectivity index (χ2v) is 8.28. The van der Waals surface area contributed by atoms with Gasteiger partial charge in [-0.05, 0) is 49.7 Å². The smallest absolute Gasteiger partial charge is 0.325 e. The molecule has 1 aliphatic rings. The third-order valence-corrected chi connectivity index (χ3v) is 5.93. The van der Waals surface area contributed by atoms with E-state index in [2.05, 4.69) is 26.6 Å². The fourth-order valence-electron chi connectivity index (χ4n) is 2.98. The van der Waals surface area contributed by atoms with Crippen molar-refractivity contribution in [2.75, 3.05) is 11.9 Å². The molecule has 9 heteroatoms. The number of rotatable bonds is 4. The van der Waals surface area contributed by atoms with Crippen molar-refractivity contribution in [3.63, 3.8) is 0 Å². The van der Waals surface area contributed by atoms with Crippen molar-refractivity contribution in [3.05, 3.63) is 62.0 Å². The van der Waals surface area contributed by atoms with E-state index >= 15 is 0 Å². The number of carbonyl (C=O) groups excluding carboxylic acids is 3. The maximum atomic E-state index is 12.9. The molecule has 0 saturated carbocycles. The Balaban J connectivity index is 1.78. The zero-order valence-electron chi connectivity index (χ0n) is 15.0. The second kappa shape index (κ2) is 7.73. The standard InChI is InChI=1S/C19H16BrCl2N3O3/c1-10-7-12(4-6-14(10)20)23-16(26)9-25-17(27)19(2,24-18(25)28)13-5-3-11(21)8-15(13)22/h3-8H,9H2,1-2H3,(H,23,26)(H,24,28). The van der Waals surface area contributed by atoms with Crippen molar-refractivity contribution in [2.24, 2.45) is 0 Å². The Morgan fingerprint density at radius 1 is 1.21 bits per heavy atom. The van der Waals surface area contributed by atoms with Gasteiger partial charge in [0.15, 0.2) is 0 Å². The second-order valence-electron chi connectivity index (χ2n) is 6.58. The van der Waals surface area contributed by atoms with Crippen LogP contribution < -0.4 is 10.6 Å². The minimum Gasteiger partial charge on any atom is -0.325 e. The molecule has 3 rings (SSSR count). The summed E-state index contributed by atoms with van der Waals surface area (Å²) in [5.41, 5.74) is 0.537. The highest BCUT2D eigenvalue weighted by atomic mass is 79.9. The Labute approximate surface area is 180 Å². The molecule has 2 aromatic carbocycles. The highest BCUT2D eigenvalue weighted by molar-refractivity contribution is 9.10. The number of halogens is 3. The molecule has 0 aromatic heterocycles. The van der Waals surface area contributed by atoms with Crippen molar-refractivity contribution in [1.82, 2.24) is 10.2 Å². The molecule has 0 bridgehead atoms. The summed E-state index contributed by atoms with van der Waals surface area (Å²) < 4.78 is 0.912. The van der Waals surface area contributed by atoms with Gasteiger partial charge in [-0.15, -0.1) is 0 Å². The SMILES string of the molecule is Cc1cc(NC(=O)CN2C(=O)NC(C)(c3ccc(Cl)cc3Cl)C2=O)ccc1Br. The van der Waals surface area contributed by atoms with Gasteiger partial charge in [-0.2, -0.15) is 0 Å². The molecular formula is C19H16BrCl2N3O3. The number of nitrogens with one attached hydrogen (secondary N) is 2. The van der Waals surface area contributed by atoms with Gasteiger partial charge in [-0.1, -0.05) is 45.2 Å². The zero-order valence-corrected chi connectivity index (χ0v) is 18.1. The number of hydrogen-bond donors (Lipinski definition) is 2. The van der Waals surface area contributed by atoms with Crippen LogP contribution in [-0.4, -0.2) is 29.3 Å². The first-order valence-corrected chi connectivity index (χ1v) is 9.82. The normalized spacial score (nSPS) is 19.0. The molecule has 0 radical (unpaired) electrons. The third kappa shape index (κ3) is 3.87. The van der Waals surface area contributed by atoms with E-state index in [1.54, 1.807) is 37.3 Å². The molecule has 0 aliphatic carbocycles. The predicted molar refractivity (Wildman–Crippen MR) is 112 cm³/mol. The molecule has 2 N–H and O–H groups in total. The number of nitrogens with zero attached hydrogens (tertiary/aromatic N) is 1. The lowest BCUT2D eigenvalue weighted by atomic mass is 9.92. The van der Waals surface area contributed by atoms with Gasteiger partial charge in [0.25, 0.3) is 5.91 Å². The molecule has 1 saturated heterocycles. The van der Waals surface area contributed by atoms with Crippen LogP contribution in [-0.2, 0) is 15.1 Å². The lowest BCUT2D eigenvalue weighted by Gasteiger charge is -2.23. The first-order chi connectivity index (χ1) is 13.1. The summed E-state index contributed by atoms with van der Waals surface area (Å²) in [5.74, 6) is -1.06. The van der Waals surface area contributed by atoms with Crippen molar-refractivity contribution < 1.29 is 14.4 Å². The summed E-state index contributed by atoms with van der Waals surface area (Å²) in [7, 11) is 0. The van der Waals surface area contributed by atoms with E-state index in [0.717, 1.165) is 14.9 Å². The summed E-state index contributed by atoms with van der Waals surface area (Å²) in [6, 6.07) is 9.30. The van der Waals surface area contributed by atoms with E-state index in [0.29, 0.717) is 16.3 Å². The molecule has 146 valence electrons. The van der Waals surface area contributed by atoms with E-state index in [9.17, 15) is 14.4 Å². The molecule has 6 nitrogen and oxygen atoms in total. The molecule has 1 fully saturated rings. The molecule has 1 heterocycles. The Morgan fingerprint density at radius 2 is 1.93 bits per heavy atom. The fourth-order valence-corrected chi connectivity index (χ4v) is 3.83. The molecule has 1 unspecified atom stereocenters. The number of hydrogen-bond acceptors (Lipinski definition) is 3. The van der Waals surface area contributed by atoms with E-state index in [-0.39, 0.29) is 5.02 Å². The predicted octanol–water partition coefficient (Wildman–Crippen LogP) is 4.47. The fraction of sp³-hybridized carbons (Fsp3) is 0.211. The average Bonchev–Trinajstić information content (AvgIpc) is 2.82. The number of anilines is 1. The van der Waals surface area contributed by atoms with Gasteiger partial charge in [-0.25, -0.2) is 4.79 Å². The van der Waals surface area contributed by atoms with Crippen LogP contribution >= 0.6 is 39.1 Å². The van der Waals surface area contributed by atoms with Gasteiger partial charge in [0.05, 0.1) is 0 Å². The Kier molecular flexibility index (Phi) is 5.70. The average molecular weight is 485 g/mol. The van der Waals surface area contributed by atoms with Crippen LogP contribution in [0.4, 0.5) is 10.5 Å². The first kappa shape index (κ1) is 20.6. The van der Waals surface area contributed by atoms with Crippen LogP contribution in [0.1, 0.15) is 18.1 Å². The Bertz CT molecular complexity index is 998. The first-order valence-electron chi connectivity index (χ1n) is 8.27. The Hall–Kier alpha value is -2.09. The van der Waals surface area contributed by atoms with Crippen LogP contribution in [0, 0.1) is 6.92 Å². The largest absolute Gasteiger partial charge is 0.325 e. The maximum Gasteiger partial charge on any atom is 0.325 e. The van der Waals surface area contributed by atoms with Crippen molar-refractivity contribution in [3.8, 4) is 0 Å². The Morgan fingerprint density at radius 3 is 2.57 bits per heavy atom. The van der Waals surface area contributed by atoms with E-state index in [4.69, 9.17) is 23.2 Å². The van der Waals surface area contributed by atoms with Gasteiger partial charge in [-0.3, -0.25) is 14.5 Å². The van der Waals surface area contributed by atoms with Crippen LogP contribution in [0.15, 0.2) is 40.9 Å². The molecular weight excluding hydrogens is 469 g/mol. The maximum absolute atomic E-state index is 12.9. The van der Waals surface area contributed by atoms with Gasteiger partial charge in [0.1, 0.15) is 12.1 Å². The van der Waals surface area contributed by atoms with Crippen LogP contribution in [0.25, 0.3) is 0 Å². The van der Waals surface area contributed by atoms with Gasteiger partial charge < -0.3 is 10.6 Å². The van der Waals surface area contributed by atoms with Crippen molar-refractivity contribution in [2.45, 2.75) is 19.4 Å². The summed E-state index contributed by atoms with van der Waals surface area (Å²) in [4.78, 5) is 38.5. The molecule has 28 heavy (non-hydrogen) atoms. The van der Waals surface area contributed by atoms with Gasteiger partial charge in [0.2, 0.25) is 5.91 Å². The van der Waals surface area contributed by atoms with Gasteiger partial charge >= 0.3 is 6.03 Å². The quantitative estimate of drug-likeness (QED) is 0.628. The summed E-state index contributed by atoms with van der Waals surface area (Å²) in [6.45, 7) is 3.01. The van der Waals surface area contributed by atoms with Gasteiger partial charge in [0, 0.05) is 25.8 Å². The minimum atomic E-state index is -1.38. The minimum absolute atomic E-state index is 0.250. The summed E-state index contributed by atoms with van der Waals surface area (Å²) in [5, 5.41) is 5.97. The highest BCUT2D eigenvalue weighted by Gasteiger charge is 2.50. The number of imide groups is 1. The zero-order chi connectivity index (χ0) is 20.6. The highest BCUT2D eigenvalue weighted by Crippen LogP contribution is 2.35. The molecule has 0 spiro atoms. The van der Waals surface area contributed by atoms with E-state index in [1.807, 2.05) is 6.92 Å². The molecule has 2 aromatic rings. The molecule has 4 amide bonds. The third-order valence-electron chi connectivity index (χ3n) is 4.49. The number of urea groups is 1. The lowest BCUT2D eigenvalue weighted by Crippen LogP contribution is -2.42. The monoisotopic (exact) mass is 483 g/mol. The number of amides is 4. The van der Waals surface area contributed by atoms with Crippen LogP contribution in [0.3, 0.4) is 0 Å². The number of benzene rings is 2. The molecule has 1 atom stereocenters. The summed E-state index contributed by atoms with van der Waals surface area (Å²) >= 11 is 15.5. The van der Waals surface area contributed by atoms with Crippen molar-refractivity contribution in [1.29, 1.82) is 0 Å². The number of carbonyl (C=O) groups is 3. The number of aryl methyl sites for hydroxylation is 1.